The second-order valence-electron chi connectivity index (χ2n) is 2.69. The molecule has 0 aliphatic heterocycles. The highest BCUT2D eigenvalue weighted by atomic mass is 16.1. The van der Waals surface area contributed by atoms with Gasteiger partial charge in [0.25, 0.3) is 0 Å². The fourth-order valence-corrected chi connectivity index (χ4v) is 0.864. The normalized spacial score (nSPS) is 9.00. The molecule has 3 heteroatoms. The topological polar surface area (TPSA) is 45.8 Å². The zero-order valence-electron chi connectivity index (χ0n) is 7.63. The van der Waals surface area contributed by atoms with Crippen molar-refractivity contribution in [2.75, 3.05) is 0 Å². The third-order valence-corrected chi connectivity index (χ3v) is 1.55. The first-order chi connectivity index (χ1) is 6.33. The van der Waals surface area contributed by atoms with E-state index in [4.69, 9.17) is 0 Å². The molecule has 3 nitrogen and oxygen atoms in total. The molecule has 0 aromatic carbocycles. The van der Waals surface area contributed by atoms with Gasteiger partial charge < -0.3 is 0 Å². The molecule has 1 rings (SSSR count). The second-order valence-corrected chi connectivity index (χ2v) is 2.69. The number of hydrogen-bond donors (Lipinski definition) is 1. The summed E-state index contributed by atoms with van der Waals surface area (Å²) >= 11 is 0. The predicted octanol–water partition coefficient (Wildman–Crippen LogP) is 1.31. The number of aromatic nitrogens is 2. The molecule has 0 bridgehead atoms. The van der Waals surface area contributed by atoms with Gasteiger partial charge in [0.15, 0.2) is 0 Å². The van der Waals surface area contributed by atoms with Crippen molar-refractivity contribution in [1.29, 1.82) is 0 Å². The zero-order chi connectivity index (χ0) is 9.52. The van der Waals surface area contributed by atoms with Gasteiger partial charge in [-0.3, -0.25) is 4.98 Å². The minimum absolute atomic E-state index is 0.345. The third kappa shape index (κ3) is 3.57. The zero-order valence-corrected chi connectivity index (χ0v) is 7.63. The predicted molar refractivity (Wildman–Crippen MR) is 51.3 cm³/mol. The molecule has 0 aliphatic carbocycles. The number of unbranched alkanes of at least 4 members (excludes halogenated alkanes) is 2. The van der Waals surface area contributed by atoms with Crippen LogP contribution in [0.5, 0.6) is 0 Å². The van der Waals surface area contributed by atoms with Gasteiger partial charge in [-0.25, -0.2) is 9.78 Å². The number of nitrogens with zero attached hydrogens (tertiary/aromatic N) is 1. The Morgan fingerprint density at radius 2 is 2.46 bits per heavy atom. The first kappa shape index (κ1) is 9.53. The molecule has 0 aliphatic rings. The summed E-state index contributed by atoms with van der Waals surface area (Å²) in [5.41, 5.74) is 0.290. The molecule has 68 valence electrons. The van der Waals surface area contributed by atoms with Crippen LogP contribution in [-0.2, 0) is 0 Å². The Labute approximate surface area is 77.2 Å². The standard InChI is InChI=1S/C10H12N2O/c1-2-3-4-5-6-9-7-8-11-10(13)12-9/h7-8H,2-4H2,1H3,(H,11,12,13). The monoisotopic (exact) mass is 176 g/mol. The van der Waals surface area contributed by atoms with E-state index in [2.05, 4.69) is 28.7 Å². The van der Waals surface area contributed by atoms with Crippen molar-refractivity contribution in [2.24, 2.45) is 0 Å². The van der Waals surface area contributed by atoms with E-state index in [0.29, 0.717) is 5.69 Å². The number of H-pyrrole nitrogens is 1. The molecule has 0 atom stereocenters. The second kappa shape index (κ2) is 5.15. The number of nitrogens with one attached hydrogen (secondary N) is 1. The maximum Gasteiger partial charge on any atom is 0.345 e. The summed E-state index contributed by atoms with van der Waals surface area (Å²) < 4.78 is 0. The fraction of sp³-hybridized carbons (Fsp3) is 0.400. The van der Waals surface area contributed by atoms with Crippen LogP contribution >= 0.6 is 0 Å². The largest absolute Gasteiger partial charge is 0.345 e. The van der Waals surface area contributed by atoms with Crippen molar-refractivity contribution in [3.05, 3.63) is 28.4 Å². The molecule has 0 spiro atoms. The molecule has 0 saturated heterocycles. The van der Waals surface area contributed by atoms with Crippen molar-refractivity contribution in [1.82, 2.24) is 9.97 Å². The van der Waals surface area contributed by atoms with Crippen molar-refractivity contribution < 1.29 is 0 Å². The highest BCUT2D eigenvalue weighted by molar-refractivity contribution is 5.24. The summed E-state index contributed by atoms with van der Waals surface area (Å²) in [7, 11) is 0. The van der Waals surface area contributed by atoms with Crippen molar-refractivity contribution in [3.63, 3.8) is 0 Å². The maximum absolute atomic E-state index is 10.7. The van der Waals surface area contributed by atoms with Crippen LogP contribution in [0, 0.1) is 11.8 Å². The van der Waals surface area contributed by atoms with Crippen molar-refractivity contribution in [3.8, 4) is 11.8 Å². The minimum atomic E-state index is -0.345. The average molecular weight is 176 g/mol. The van der Waals surface area contributed by atoms with Gasteiger partial charge >= 0.3 is 5.69 Å². The third-order valence-electron chi connectivity index (χ3n) is 1.55. The van der Waals surface area contributed by atoms with E-state index in [1.165, 1.54) is 6.20 Å². The van der Waals surface area contributed by atoms with E-state index in [1.807, 2.05) is 0 Å². The Hall–Kier alpha value is -1.56. The van der Waals surface area contributed by atoms with Crippen LogP contribution in [0.4, 0.5) is 0 Å². The van der Waals surface area contributed by atoms with Crippen LogP contribution in [0.25, 0.3) is 0 Å². The van der Waals surface area contributed by atoms with Crippen LogP contribution in [-0.4, -0.2) is 9.97 Å². The van der Waals surface area contributed by atoms with Crippen LogP contribution in [0.1, 0.15) is 31.9 Å². The first-order valence-corrected chi connectivity index (χ1v) is 4.37. The van der Waals surface area contributed by atoms with E-state index < -0.39 is 0 Å². The Morgan fingerprint density at radius 3 is 3.15 bits per heavy atom. The summed E-state index contributed by atoms with van der Waals surface area (Å²) in [4.78, 5) is 16.8. The van der Waals surface area contributed by atoms with Gasteiger partial charge in [0.2, 0.25) is 0 Å². The SMILES string of the molecule is CCCCC#Cc1ccnc(=O)[nH]1. The molecule has 1 aromatic rings. The summed E-state index contributed by atoms with van der Waals surface area (Å²) in [6.07, 6.45) is 4.58. The van der Waals surface area contributed by atoms with E-state index in [0.717, 1.165) is 19.3 Å². The van der Waals surface area contributed by atoms with E-state index >= 15 is 0 Å². The molecule has 13 heavy (non-hydrogen) atoms. The van der Waals surface area contributed by atoms with Gasteiger partial charge in [-0.1, -0.05) is 19.3 Å². The fourth-order valence-electron chi connectivity index (χ4n) is 0.864. The van der Waals surface area contributed by atoms with Gasteiger partial charge in [-0.2, -0.15) is 0 Å². The number of rotatable bonds is 2. The maximum atomic E-state index is 10.7. The van der Waals surface area contributed by atoms with Gasteiger partial charge in [0.05, 0.1) is 5.69 Å². The lowest BCUT2D eigenvalue weighted by Crippen LogP contribution is -2.09. The highest BCUT2D eigenvalue weighted by Gasteiger charge is 1.86. The molecule has 0 amide bonds. The van der Waals surface area contributed by atoms with E-state index in [9.17, 15) is 4.79 Å². The quantitative estimate of drug-likeness (QED) is 0.545. The summed E-state index contributed by atoms with van der Waals surface area (Å²) in [5, 5.41) is 0. The van der Waals surface area contributed by atoms with Gasteiger partial charge in [-0.15, -0.1) is 0 Å². The Kier molecular flexibility index (Phi) is 3.77. The van der Waals surface area contributed by atoms with Crippen LogP contribution in [0.3, 0.4) is 0 Å². The summed E-state index contributed by atoms with van der Waals surface area (Å²) in [6, 6.07) is 1.69. The molecule has 0 radical (unpaired) electrons. The van der Waals surface area contributed by atoms with Crippen molar-refractivity contribution in [2.45, 2.75) is 26.2 Å². The Balaban J connectivity index is 2.61. The van der Waals surface area contributed by atoms with E-state index in [1.54, 1.807) is 6.07 Å². The Morgan fingerprint density at radius 1 is 1.62 bits per heavy atom. The molecular weight excluding hydrogens is 164 g/mol. The van der Waals surface area contributed by atoms with Gasteiger partial charge in [0.1, 0.15) is 0 Å². The van der Waals surface area contributed by atoms with Gasteiger partial charge in [0, 0.05) is 12.6 Å². The smallest absolute Gasteiger partial charge is 0.299 e. The molecular formula is C10H12N2O. The minimum Gasteiger partial charge on any atom is -0.299 e. The molecule has 0 fully saturated rings. The van der Waals surface area contributed by atoms with Crippen molar-refractivity contribution >= 4 is 0 Å². The molecule has 1 N–H and O–H groups in total. The van der Waals surface area contributed by atoms with Crippen LogP contribution in [0.2, 0.25) is 0 Å². The van der Waals surface area contributed by atoms with E-state index in [-0.39, 0.29) is 5.69 Å². The number of aromatic amines is 1. The van der Waals surface area contributed by atoms with Gasteiger partial charge in [-0.05, 0) is 18.4 Å². The summed E-state index contributed by atoms with van der Waals surface area (Å²) in [6.45, 7) is 2.12. The highest BCUT2D eigenvalue weighted by Crippen LogP contribution is 1.91. The lowest BCUT2D eigenvalue weighted by Gasteiger charge is -1.87. The number of hydrogen-bond acceptors (Lipinski definition) is 2. The molecule has 1 heterocycles. The average Bonchev–Trinajstić information content (AvgIpc) is 2.13. The molecule has 1 aromatic heterocycles. The van der Waals surface area contributed by atoms with Crippen LogP contribution < -0.4 is 5.69 Å². The van der Waals surface area contributed by atoms with Crippen LogP contribution in [0.15, 0.2) is 17.1 Å². The molecule has 0 unspecified atom stereocenters. The lowest BCUT2D eigenvalue weighted by molar-refractivity contribution is 0.828. The summed E-state index contributed by atoms with van der Waals surface area (Å²) in [5.74, 6) is 5.86. The molecule has 0 saturated carbocycles. The lowest BCUT2D eigenvalue weighted by atomic mass is 10.2. The Bertz CT molecular complexity index is 370. The first-order valence-electron chi connectivity index (χ1n) is 4.37.